The lowest BCUT2D eigenvalue weighted by Crippen LogP contribution is -2.21. The zero-order valence-electron chi connectivity index (χ0n) is 9.83. The Morgan fingerprint density at radius 3 is 2.18 bits per heavy atom. The molecular formula is C14H17F2N. The fourth-order valence-corrected chi connectivity index (χ4v) is 3.42. The summed E-state index contributed by atoms with van der Waals surface area (Å²) < 4.78 is 26.1. The van der Waals surface area contributed by atoms with Crippen molar-refractivity contribution in [1.82, 2.24) is 4.90 Å². The Hall–Kier alpha value is -0.960. The monoisotopic (exact) mass is 237 g/mol. The maximum absolute atomic E-state index is 13.1. The highest BCUT2D eigenvalue weighted by molar-refractivity contribution is 5.18. The second-order valence-electron chi connectivity index (χ2n) is 5.42. The molecular weight excluding hydrogens is 220 g/mol. The molecule has 1 saturated carbocycles. The largest absolute Gasteiger partial charge is 0.299 e. The summed E-state index contributed by atoms with van der Waals surface area (Å²) in [4.78, 5) is 2.34. The second kappa shape index (κ2) is 4.37. The van der Waals surface area contributed by atoms with Crippen LogP contribution in [0, 0.1) is 23.5 Å². The average molecular weight is 237 g/mol. The molecule has 0 aromatic heterocycles. The maximum atomic E-state index is 13.1. The minimum absolute atomic E-state index is 0.473. The summed E-state index contributed by atoms with van der Waals surface area (Å²) >= 11 is 0. The Kier molecular flexibility index (Phi) is 2.87. The number of nitrogens with zero attached hydrogens (tertiary/aromatic N) is 1. The normalized spacial score (nSPS) is 28.6. The van der Waals surface area contributed by atoms with Crippen LogP contribution in [0.4, 0.5) is 8.78 Å². The first kappa shape index (κ1) is 11.1. The molecule has 0 bridgehead atoms. The van der Waals surface area contributed by atoms with E-state index in [2.05, 4.69) is 4.90 Å². The molecule has 1 saturated heterocycles. The van der Waals surface area contributed by atoms with Gasteiger partial charge in [0.25, 0.3) is 0 Å². The number of fused-ring (bicyclic) bond motifs is 1. The third-order valence-corrected chi connectivity index (χ3v) is 4.13. The number of hydrogen-bond acceptors (Lipinski definition) is 1. The molecule has 2 aliphatic rings. The molecule has 1 aromatic carbocycles. The van der Waals surface area contributed by atoms with Crippen LogP contribution in [0.3, 0.4) is 0 Å². The van der Waals surface area contributed by atoms with Gasteiger partial charge in [0.05, 0.1) is 0 Å². The van der Waals surface area contributed by atoms with Gasteiger partial charge in [-0.15, -0.1) is 0 Å². The van der Waals surface area contributed by atoms with Crippen molar-refractivity contribution in [1.29, 1.82) is 0 Å². The summed E-state index contributed by atoms with van der Waals surface area (Å²) in [5, 5.41) is 0. The smallest absolute Gasteiger partial charge is 0.126 e. The molecule has 1 aromatic rings. The SMILES string of the molecule is Fc1cc(F)cc(CN2CC3CCCC3C2)c1. The molecule has 2 unspecified atom stereocenters. The van der Waals surface area contributed by atoms with E-state index in [4.69, 9.17) is 0 Å². The number of rotatable bonds is 2. The Morgan fingerprint density at radius 2 is 1.59 bits per heavy atom. The summed E-state index contributed by atoms with van der Waals surface area (Å²) in [6.07, 6.45) is 4.02. The lowest BCUT2D eigenvalue weighted by molar-refractivity contribution is 0.302. The fraction of sp³-hybridized carbons (Fsp3) is 0.571. The number of likely N-dealkylation sites (tertiary alicyclic amines) is 1. The molecule has 2 atom stereocenters. The van der Waals surface area contributed by atoms with Gasteiger partial charge < -0.3 is 0 Å². The van der Waals surface area contributed by atoms with Gasteiger partial charge in [-0.1, -0.05) is 6.42 Å². The van der Waals surface area contributed by atoms with Crippen LogP contribution in [0.5, 0.6) is 0 Å². The standard InChI is InChI=1S/C14H17F2N/c15-13-4-10(5-14(16)6-13)7-17-8-11-2-1-3-12(11)9-17/h4-6,11-12H,1-3,7-9H2. The molecule has 2 fully saturated rings. The van der Waals surface area contributed by atoms with Crippen molar-refractivity contribution < 1.29 is 8.78 Å². The third-order valence-electron chi connectivity index (χ3n) is 4.13. The van der Waals surface area contributed by atoms with Gasteiger partial charge in [-0.2, -0.15) is 0 Å². The van der Waals surface area contributed by atoms with Crippen molar-refractivity contribution >= 4 is 0 Å². The Bertz CT molecular complexity index is 386. The first-order chi connectivity index (χ1) is 8.20. The van der Waals surface area contributed by atoms with Gasteiger partial charge in [0, 0.05) is 25.7 Å². The molecule has 0 amide bonds. The van der Waals surface area contributed by atoms with Gasteiger partial charge in [-0.25, -0.2) is 8.78 Å². The molecule has 3 heteroatoms. The minimum atomic E-state index is -0.473. The van der Waals surface area contributed by atoms with E-state index in [1.165, 1.54) is 31.4 Å². The molecule has 0 radical (unpaired) electrons. The molecule has 1 aliphatic heterocycles. The number of hydrogen-bond donors (Lipinski definition) is 0. The van der Waals surface area contributed by atoms with Crippen LogP contribution in [-0.4, -0.2) is 18.0 Å². The Labute approximate surface area is 100 Å². The predicted molar refractivity (Wildman–Crippen MR) is 62.5 cm³/mol. The molecule has 3 rings (SSSR count). The highest BCUT2D eigenvalue weighted by Crippen LogP contribution is 2.38. The summed E-state index contributed by atoms with van der Waals surface area (Å²) in [5.74, 6) is 0.709. The Morgan fingerprint density at radius 1 is 1.00 bits per heavy atom. The van der Waals surface area contributed by atoms with Crippen LogP contribution in [0.25, 0.3) is 0 Å². The van der Waals surface area contributed by atoms with Crippen LogP contribution in [-0.2, 0) is 6.54 Å². The molecule has 0 N–H and O–H groups in total. The van der Waals surface area contributed by atoms with Crippen LogP contribution in [0.15, 0.2) is 18.2 Å². The summed E-state index contributed by atoms with van der Waals surface area (Å²) in [5.41, 5.74) is 0.752. The van der Waals surface area contributed by atoms with Crippen LogP contribution in [0.2, 0.25) is 0 Å². The Balaban J connectivity index is 1.67. The lowest BCUT2D eigenvalue weighted by Gasteiger charge is -2.16. The number of benzene rings is 1. The van der Waals surface area contributed by atoms with Crippen molar-refractivity contribution in [2.24, 2.45) is 11.8 Å². The molecule has 1 nitrogen and oxygen atoms in total. The van der Waals surface area contributed by atoms with E-state index in [1.807, 2.05) is 0 Å². The van der Waals surface area contributed by atoms with Crippen LogP contribution < -0.4 is 0 Å². The van der Waals surface area contributed by atoms with E-state index in [0.29, 0.717) is 6.54 Å². The number of halogens is 2. The van der Waals surface area contributed by atoms with E-state index in [9.17, 15) is 8.78 Å². The molecule has 1 heterocycles. The van der Waals surface area contributed by atoms with Crippen LogP contribution >= 0.6 is 0 Å². The minimum Gasteiger partial charge on any atom is -0.299 e. The van der Waals surface area contributed by atoms with Gasteiger partial charge in [0.15, 0.2) is 0 Å². The van der Waals surface area contributed by atoms with Crippen molar-refractivity contribution in [3.63, 3.8) is 0 Å². The third kappa shape index (κ3) is 2.34. The van der Waals surface area contributed by atoms with E-state index in [-0.39, 0.29) is 0 Å². The topological polar surface area (TPSA) is 3.24 Å². The van der Waals surface area contributed by atoms with Crippen molar-refractivity contribution in [3.8, 4) is 0 Å². The first-order valence-electron chi connectivity index (χ1n) is 6.38. The highest BCUT2D eigenvalue weighted by atomic mass is 19.1. The van der Waals surface area contributed by atoms with Crippen LogP contribution in [0.1, 0.15) is 24.8 Å². The summed E-state index contributed by atoms with van der Waals surface area (Å²) in [7, 11) is 0. The average Bonchev–Trinajstić information content (AvgIpc) is 2.75. The van der Waals surface area contributed by atoms with E-state index >= 15 is 0 Å². The van der Waals surface area contributed by atoms with E-state index in [0.717, 1.165) is 36.6 Å². The van der Waals surface area contributed by atoms with E-state index in [1.54, 1.807) is 0 Å². The zero-order chi connectivity index (χ0) is 11.8. The van der Waals surface area contributed by atoms with E-state index < -0.39 is 11.6 Å². The quantitative estimate of drug-likeness (QED) is 0.763. The molecule has 1 aliphatic carbocycles. The zero-order valence-corrected chi connectivity index (χ0v) is 9.83. The van der Waals surface area contributed by atoms with Crippen molar-refractivity contribution in [2.45, 2.75) is 25.8 Å². The predicted octanol–water partition coefficient (Wildman–Crippen LogP) is 3.20. The van der Waals surface area contributed by atoms with Crippen molar-refractivity contribution in [3.05, 3.63) is 35.4 Å². The molecule has 17 heavy (non-hydrogen) atoms. The summed E-state index contributed by atoms with van der Waals surface area (Å²) in [6.45, 7) is 2.88. The lowest BCUT2D eigenvalue weighted by atomic mass is 10.0. The van der Waals surface area contributed by atoms with Gasteiger partial charge in [-0.05, 0) is 42.4 Å². The fourth-order valence-electron chi connectivity index (χ4n) is 3.42. The molecule has 92 valence electrons. The van der Waals surface area contributed by atoms with Crippen molar-refractivity contribution in [2.75, 3.05) is 13.1 Å². The van der Waals surface area contributed by atoms with Gasteiger partial charge in [-0.3, -0.25) is 4.90 Å². The summed E-state index contributed by atoms with van der Waals surface area (Å²) in [6, 6.07) is 3.82. The first-order valence-corrected chi connectivity index (χ1v) is 6.38. The molecule has 0 spiro atoms. The van der Waals surface area contributed by atoms with Gasteiger partial charge in [0.1, 0.15) is 11.6 Å². The maximum Gasteiger partial charge on any atom is 0.126 e. The second-order valence-corrected chi connectivity index (χ2v) is 5.42. The van der Waals surface area contributed by atoms with Gasteiger partial charge >= 0.3 is 0 Å². The highest BCUT2D eigenvalue weighted by Gasteiger charge is 2.35. The van der Waals surface area contributed by atoms with Gasteiger partial charge in [0.2, 0.25) is 0 Å².